The van der Waals surface area contributed by atoms with Crippen LogP contribution in [-0.2, 0) is 21.1 Å². The summed E-state index contributed by atoms with van der Waals surface area (Å²) in [4.78, 5) is 15.8. The lowest BCUT2D eigenvalue weighted by Gasteiger charge is -2.20. The molecule has 144 valence electrons. The second-order valence-corrected chi connectivity index (χ2v) is 8.54. The fourth-order valence-corrected chi connectivity index (χ4v) is 3.28. The summed E-state index contributed by atoms with van der Waals surface area (Å²) >= 11 is 0. The molecule has 2 aromatic heterocycles. The normalized spacial score (nSPS) is 14.2. The molecule has 2 heterocycles. The predicted octanol–water partition coefficient (Wildman–Crippen LogP) is 2.40. The highest BCUT2D eigenvalue weighted by molar-refractivity contribution is 7.90. The third-order valence-electron chi connectivity index (χ3n) is 4.56. The number of carbonyl (C=O) groups is 1. The van der Waals surface area contributed by atoms with Gasteiger partial charge in [-0.15, -0.1) is 5.10 Å². The second kappa shape index (κ2) is 7.51. The van der Waals surface area contributed by atoms with Crippen LogP contribution >= 0.6 is 0 Å². The molecule has 3 rings (SSSR count). The van der Waals surface area contributed by atoms with Crippen LogP contribution in [0.25, 0.3) is 10.9 Å². The number of H-pyrrole nitrogens is 1. The molecule has 0 fully saturated rings. The molecule has 0 unspecified atom stereocenters. The number of nitrogens with one attached hydrogen (secondary N) is 2. The SMILES string of the molecule is CC[C@@H](C)[C@H](NC(=O)Cc1c[nH]c2ccccc12)c1nnc(S(C)(=O)=O)o1. The Balaban J connectivity index is 1.80. The smallest absolute Gasteiger partial charge is 0.335 e. The molecule has 0 aliphatic carbocycles. The van der Waals surface area contributed by atoms with Crippen molar-refractivity contribution in [3.05, 3.63) is 41.9 Å². The lowest BCUT2D eigenvalue weighted by Crippen LogP contribution is -2.33. The Bertz CT molecular complexity index is 1050. The quantitative estimate of drug-likeness (QED) is 0.639. The first-order valence-electron chi connectivity index (χ1n) is 8.67. The zero-order chi connectivity index (χ0) is 19.6. The fourth-order valence-electron chi connectivity index (χ4n) is 2.85. The Hall–Kier alpha value is -2.68. The molecule has 1 aromatic carbocycles. The van der Waals surface area contributed by atoms with Crippen LogP contribution in [0.5, 0.6) is 0 Å². The van der Waals surface area contributed by atoms with Crippen molar-refractivity contribution in [3.8, 4) is 0 Å². The molecule has 8 nitrogen and oxygen atoms in total. The van der Waals surface area contributed by atoms with E-state index >= 15 is 0 Å². The molecule has 9 heteroatoms. The summed E-state index contributed by atoms with van der Waals surface area (Å²) in [6, 6.07) is 7.19. The van der Waals surface area contributed by atoms with E-state index in [4.69, 9.17) is 4.42 Å². The zero-order valence-electron chi connectivity index (χ0n) is 15.4. The van der Waals surface area contributed by atoms with Crippen LogP contribution in [0.1, 0.15) is 37.8 Å². The molecule has 0 saturated carbocycles. The first-order valence-corrected chi connectivity index (χ1v) is 10.6. The fraction of sp³-hybridized carbons (Fsp3) is 0.389. The van der Waals surface area contributed by atoms with Crippen molar-refractivity contribution in [1.29, 1.82) is 0 Å². The van der Waals surface area contributed by atoms with Gasteiger partial charge in [-0.2, -0.15) is 0 Å². The number of nitrogens with zero attached hydrogens (tertiary/aromatic N) is 2. The van der Waals surface area contributed by atoms with Crippen LogP contribution in [0.15, 0.2) is 40.1 Å². The number of carbonyl (C=O) groups excluding carboxylic acids is 1. The first-order chi connectivity index (χ1) is 12.8. The summed E-state index contributed by atoms with van der Waals surface area (Å²) in [7, 11) is -3.60. The average Bonchev–Trinajstić information content (AvgIpc) is 3.27. The van der Waals surface area contributed by atoms with E-state index in [0.717, 1.165) is 29.1 Å². The van der Waals surface area contributed by atoms with Gasteiger partial charge in [-0.25, -0.2) is 8.42 Å². The van der Waals surface area contributed by atoms with Crippen molar-refractivity contribution in [3.63, 3.8) is 0 Å². The topological polar surface area (TPSA) is 118 Å². The number of hydrogen-bond donors (Lipinski definition) is 2. The van der Waals surface area contributed by atoms with E-state index in [1.807, 2.05) is 44.3 Å². The van der Waals surface area contributed by atoms with Gasteiger partial charge < -0.3 is 14.7 Å². The first kappa shape index (κ1) is 19.1. The van der Waals surface area contributed by atoms with Gasteiger partial charge >= 0.3 is 5.22 Å². The number of sulfone groups is 1. The highest BCUT2D eigenvalue weighted by Gasteiger charge is 2.28. The summed E-state index contributed by atoms with van der Waals surface area (Å²) in [5, 5.41) is 10.9. The number of hydrogen-bond acceptors (Lipinski definition) is 6. The molecule has 0 radical (unpaired) electrons. The van der Waals surface area contributed by atoms with E-state index in [1.54, 1.807) is 0 Å². The predicted molar refractivity (Wildman–Crippen MR) is 99.7 cm³/mol. The van der Waals surface area contributed by atoms with Gasteiger partial charge in [-0.05, 0) is 17.5 Å². The molecule has 3 aromatic rings. The molecule has 27 heavy (non-hydrogen) atoms. The molecular weight excluding hydrogens is 368 g/mol. The van der Waals surface area contributed by atoms with Crippen molar-refractivity contribution in [2.75, 3.05) is 6.26 Å². The van der Waals surface area contributed by atoms with Gasteiger partial charge in [-0.1, -0.05) is 43.6 Å². The largest absolute Gasteiger partial charge is 0.410 e. The van der Waals surface area contributed by atoms with Crippen molar-refractivity contribution < 1.29 is 17.6 Å². The molecule has 2 N–H and O–H groups in total. The summed E-state index contributed by atoms with van der Waals surface area (Å²) < 4.78 is 28.5. The zero-order valence-corrected chi connectivity index (χ0v) is 16.2. The van der Waals surface area contributed by atoms with Crippen molar-refractivity contribution in [2.45, 2.75) is 38.0 Å². The summed E-state index contributed by atoms with van der Waals surface area (Å²) in [5.74, 6) is -0.119. The molecule has 0 saturated heterocycles. The average molecular weight is 390 g/mol. The van der Waals surface area contributed by atoms with E-state index < -0.39 is 21.1 Å². The number of aromatic nitrogens is 3. The van der Waals surface area contributed by atoms with Crippen molar-refractivity contribution >= 4 is 26.6 Å². The second-order valence-electron chi connectivity index (χ2n) is 6.65. The van der Waals surface area contributed by atoms with E-state index in [-0.39, 0.29) is 24.1 Å². The van der Waals surface area contributed by atoms with Crippen LogP contribution in [-0.4, -0.2) is 35.8 Å². The number of aromatic amines is 1. The minimum atomic E-state index is -3.60. The third kappa shape index (κ3) is 4.19. The monoisotopic (exact) mass is 390 g/mol. The molecule has 2 atom stereocenters. The van der Waals surface area contributed by atoms with Gasteiger partial charge in [-0.3, -0.25) is 4.79 Å². The number of rotatable bonds is 7. The molecule has 1 amide bonds. The maximum absolute atomic E-state index is 12.6. The number of para-hydroxylation sites is 1. The summed E-state index contributed by atoms with van der Waals surface area (Å²) in [6.45, 7) is 3.90. The Morgan fingerprint density at radius 1 is 1.30 bits per heavy atom. The van der Waals surface area contributed by atoms with Gasteiger partial charge in [0.05, 0.1) is 6.42 Å². The minimum Gasteiger partial charge on any atom is -0.410 e. The van der Waals surface area contributed by atoms with E-state index in [9.17, 15) is 13.2 Å². The molecule has 0 aliphatic rings. The van der Waals surface area contributed by atoms with Crippen molar-refractivity contribution in [2.24, 2.45) is 5.92 Å². The maximum atomic E-state index is 12.6. The van der Waals surface area contributed by atoms with E-state index in [1.165, 1.54) is 0 Å². The van der Waals surface area contributed by atoms with Crippen LogP contribution in [0, 0.1) is 5.92 Å². The third-order valence-corrected chi connectivity index (χ3v) is 5.36. The van der Waals surface area contributed by atoms with Crippen LogP contribution in [0.4, 0.5) is 0 Å². The summed E-state index contributed by atoms with van der Waals surface area (Å²) in [6.07, 6.45) is 3.74. The Labute approximate surface area is 157 Å². The number of benzene rings is 1. The lowest BCUT2D eigenvalue weighted by atomic mass is 9.98. The Morgan fingerprint density at radius 2 is 2.04 bits per heavy atom. The van der Waals surface area contributed by atoms with Gasteiger partial charge in [0.1, 0.15) is 6.04 Å². The van der Waals surface area contributed by atoms with Gasteiger partial charge in [0.2, 0.25) is 21.6 Å². The minimum absolute atomic E-state index is 0.00946. The lowest BCUT2D eigenvalue weighted by molar-refractivity contribution is -0.121. The molecular formula is C18H22N4O4S. The number of amides is 1. The summed E-state index contributed by atoms with van der Waals surface area (Å²) in [5.41, 5.74) is 1.85. The highest BCUT2D eigenvalue weighted by Crippen LogP contribution is 2.25. The van der Waals surface area contributed by atoms with E-state index in [0.29, 0.717) is 0 Å². The maximum Gasteiger partial charge on any atom is 0.335 e. The van der Waals surface area contributed by atoms with E-state index in [2.05, 4.69) is 20.5 Å². The van der Waals surface area contributed by atoms with Crippen LogP contribution in [0.2, 0.25) is 0 Å². The standard InChI is InChI=1S/C18H22N4O4S/c1-4-11(2)16(17-21-22-18(26-17)27(3,24)25)20-15(23)9-12-10-19-14-8-6-5-7-13(12)14/h5-8,10-11,16,19H,4,9H2,1-3H3,(H,20,23)/t11-,16+/m1/s1. The van der Waals surface area contributed by atoms with Gasteiger partial charge in [0.25, 0.3) is 0 Å². The Morgan fingerprint density at radius 3 is 2.70 bits per heavy atom. The number of fused-ring (bicyclic) bond motifs is 1. The molecule has 0 bridgehead atoms. The van der Waals surface area contributed by atoms with Crippen molar-refractivity contribution in [1.82, 2.24) is 20.5 Å². The highest BCUT2D eigenvalue weighted by atomic mass is 32.2. The molecule has 0 spiro atoms. The Kier molecular flexibility index (Phi) is 5.31. The van der Waals surface area contributed by atoms with Crippen LogP contribution in [0.3, 0.4) is 0 Å². The van der Waals surface area contributed by atoms with Gasteiger partial charge in [0, 0.05) is 23.4 Å². The van der Waals surface area contributed by atoms with Crippen LogP contribution < -0.4 is 5.32 Å². The van der Waals surface area contributed by atoms with Gasteiger partial charge in [0.15, 0.2) is 0 Å². The molecule has 0 aliphatic heterocycles.